The molecule has 0 aliphatic carbocycles. The van der Waals surface area contributed by atoms with E-state index in [2.05, 4.69) is 15.5 Å². The SMILES string of the molecule is CN(CC(CC(=O)Nc1nnc(-c2ccccc2)s1)c1ccccc1)S(=O)(=O)c1ccccc1. The summed E-state index contributed by atoms with van der Waals surface area (Å²) in [5, 5.41) is 12.2. The minimum atomic E-state index is -3.68. The van der Waals surface area contributed by atoms with E-state index in [1.165, 1.54) is 22.7 Å². The van der Waals surface area contributed by atoms with Crippen molar-refractivity contribution in [3.8, 4) is 10.6 Å². The fourth-order valence-corrected chi connectivity index (χ4v) is 5.56. The fraction of sp³-hybridized carbons (Fsp3) is 0.160. The largest absolute Gasteiger partial charge is 0.301 e. The van der Waals surface area contributed by atoms with Gasteiger partial charge >= 0.3 is 0 Å². The highest BCUT2D eigenvalue weighted by atomic mass is 32.2. The molecule has 0 radical (unpaired) electrons. The number of hydrogen-bond donors (Lipinski definition) is 1. The van der Waals surface area contributed by atoms with Crippen molar-refractivity contribution < 1.29 is 13.2 Å². The molecule has 1 heterocycles. The molecule has 4 aromatic rings. The third-order valence-electron chi connectivity index (χ3n) is 5.32. The summed E-state index contributed by atoms with van der Waals surface area (Å²) in [6, 6.07) is 27.3. The Morgan fingerprint density at radius 2 is 1.50 bits per heavy atom. The number of anilines is 1. The van der Waals surface area contributed by atoms with Gasteiger partial charge in [-0.3, -0.25) is 4.79 Å². The van der Waals surface area contributed by atoms with Crippen molar-refractivity contribution in [2.75, 3.05) is 18.9 Å². The zero-order chi connectivity index (χ0) is 24.0. The van der Waals surface area contributed by atoms with Crippen LogP contribution in [0.25, 0.3) is 10.6 Å². The molecule has 3 aromatic carbocycles. The van der Waals surface area contributed by atoms with Crippen LogP contribution in [0, 0.1) is 0 Å². The lowest BCUT2D eigenvalue weighted by atomic mass is 9.95. The molecule has 1 unspecified atom stereocenters. The van der Waals surface area contributed by atoms with Crippen LogP contribution < -0.4 is 5.32 Å². The van der Waals surface area contributed by atoms with Gasteiger partial charge in [-0.2, -0.15) is 0 Å². The lowest BCUT2D eigenvalue weighted by molar-refractivity contribution is -0.116. The molecule has 174 valence electrons. The number of sulfonamides is 1. The Morgan fingerprint density at radius 1 is 0.912 bits per heavy atom. The molecular weight excluding hydrogens is 468 g/mol. The normalized spacial score (nSPS) is 12.4. The highest BCUT2D eigenvalue weighted by molar-refractivity contribution is 7.89. The summed E-state index contributed by atoms with van der Waals surface area (Å²) in [5.74, 6) is -0.596. The molecule has 1 atom stereocenters. The molecule has 0 aliphatic heterocycles. The van der Waals surface area contributed by atoms with Gasteiger partial charge in [0.25, 0.3) is 0 Å². The van der Waals surface area contributed by atoms with E-state index in [4.69, 9.17) is 0 Å². The van der Waals surface area contributed by atoms with Crippen LogP contribution in [-0.4, -0.2) is 42.4 Å². The number of rotatable bonds is 9. The zero-order valence-corrected chi connectivity index (χ0v) is 20.2. The minimum Gasteiger partial charge on any atom is -0.301 e. The van der Waals surface area contributed by atoms with Crippen LogP contribution in [0.5, 0.6) is 0 Å². The first kappa shape index (κ1) is 23.7. The van der Waals surface area contributed by atoms with E-state index in [0.29, 0.717) is 10.1 Å². The summed E-state index contributed by atoms with van der Waals surface area (Å²) < 4.78 is 27.3. The first-order valence-electron chi connectivity index (χ1n) is 10.7. The molecule has 0 bridgehead atoms. The highest BCUT2D eigenvalue weighted by Crippen LogP contribution is 2.28. The zero-order valence-electron chi connectivity index (χ0n) is 18.5. The van der Waals surface area contributed by atoms with Gasteiger partial charge in [-0.05, 0) is 17.7 Å². The van der Waals surface area contributed by atoms with Gasteiger partial charge in [-0.15, -0.1) is 10.2 Å². The summed E-state index contributed by atoms with van der Waals surface area (Å²) >= 11 is 1.29. The van der Waals surface area contributed by atoms with Gasteiger partial charge in [-0.1, -0.05) is 90.2 Å². The Balaban J connectivity index is 1.49. The van der Waals surface area contributed by atoms with Crippen molar-refractivity contribution in [3.63, 3.8) is 0 Å². The number of carbonyl (C=O) groups is 1. The summed E-state index contributed by atoms with van der Waals surface area (Å²) in [7, 11) is -2.15. The molecule has 7 nitrogen and oxygen atoms in total. The quantitative estimate of drug-likeness (QED) is 0.368. The molecule has 0 saturated carbocycles. The van der Waals surface area contributed by atoms with Gasteiger partial charge in [0.15, 0.2) is 0 Å². The molecular formula is C25H24N4O3S2. The molecule has 0 fully saturated rings. The topological polar surface area (TPSA) is 92.3 Å². The van der Waals surface area contributed by atoms with Crippen LogP contribution in [0.2, 0.25) is 0 Å². The van der Waals surface area contributed by atoms with Gasteiger partial charge in [-0.25, -0.2) is 12.7 Å². The lowest BCUT2D eigenvalue weighted by Gasteiger charge is -2.24. The molecule has 34 heavy (non-hydrogen) atoms. The van der Waals surface area contributed by atoms with Gasteiger partial charge in [0, 0.05) is 31.5 Å². The maximum absolute atomic E-state index is 13.0. The number of nitrogens with zero attached hydrogens (tertiary/aromatic N) is 3. The number of carbonyl (C=O) groups excluding carboxylic acids is 1. The molecule has 1 N–H and O–H groups in total. The standard InChI is InChI=1S/C25H24N4O3S2/c1-29(34(31,32)22-15-9-4-10-16-22)18-21(19-11-5-2-6-12-19)17-23(30)26-25-28-27-24(33-25)20-13-7-3-8-14-20/h2-16,21H,17-18H2,1H3,(H,26,28,30). The van der Waals surface area contributed by atoms with Crippen molar-refractivity contribution in [3.05, 3.63) is 96.6 Å². The summed E-state index contributed by atoms with van der Waals surface area (Å²) in [5.41, 5.74) is 1.81. The third kappa shape index (κ3) is 5.74. The number of aromatic nitrogens is 2. The lowest BCUT2D eigenvalue weighted by Crippen LogP contribution is -2.32. The maximum atomic E-state index is 13.0. The van der Waals surface area contributed by atoms with Gasteiger partial charge < -0.3 is 5.32 Å². The van der Waals surface area contributed by atoms with Crippen LogP contribution in [0.4, 0.5) is 5.13 Å². The molecule has 4 rings (SSSR count). The number of nitrogens with one attached hydrogen (secondary N) is 1. The summed E-state index contributed by atoms with van der Waals surface area (Å²) in [6.07, 6.45) is 0.0961. The highest BCUT2D eigenvalue weighted by Gasteiger charge is 2.26. The Morgan fingerprint density at radius 3 is 2.15 bits per heavy atom. The second-order valence-corrected chi connectivity index (χ2v) is 10.8. The van der Waals surface area contributed by atoms with Crippen molar-refractivity contribution in [2.45, 2.75) is 17.2 Å². The van der Waals surface area contributed by atoms with Crippen molar-refractivity contribution >= 4 is 32.4 Å². The maximum Gasteiger partial charge on any atom is 0.242 e. The van der Waals surface area contributed by atoms with Crippen LogP contribution >= 0.6 is 11.3 Å². The number of likely N-dealkylation sites (N-methyl/N-ethyl adjacent to an activating group) is 1. The third-order valence-corrected chi connectivity index (χ3v) is 8.05. The number of benzene rings is 3. The molecule has 1 amide bonds. The average molecular weight is 493 g/mol. The van der Waals surface area contributed by atoms with E-state index in [9.17, 15) is 13.2 Å². The Kier molecular flexibility index (Phi) is 7.46. The van der Waals surface area contributed by atoms with Gasteiger partial charge in [0.2, 0.25) is 21.1 Å². The van der Waals surface area contributed by atoms with E-state index in [-0.39, 0.29) is 29.7 Å². The molecule has 1 aromatic heterocycles. The molecule has 0 saturated heterocycles. The van der Waals surface area contributed by atoms with Gasteiger partial charge in [0.05, 0.1) is 4.90 Å². The van der Waals surface area contributed by atoms with E-state index in [0.717, 1.165) is 11.1 Å². The van der Waals surface area contributed by atoms with E-state index < -0.39 is 10.0 Å². The summed E-state index contributed by atoms with van der Waals surface area (Å²) in [4.78, 5) is 13.1. The first-order valence-corrected chi connectivity index (χ1v) is 12.9. The predicted octanol–water partition coefficient (Wildman–Crippen LogP) is 4.64. The van der Waals surface area contributed by atoms with E-state index in [1.54, 1.807) is 30.3 Å². The van der Waals surface area contributed by atoms with Crippen molar-refractivity contribution in [1.82, 2.24) is 14.5 Å². The Hall–Kier alpha value is -3.40. The van der Waals surface area contributed by atoms with E-state index >= 15 is 0 Å². The second kappa shape index (κ2) is 10.7. The predicted molar refractivity (Wildman–Crippen MR) is 134 cm³/mol. The van der Waals surface area contributed by atoms with Crippen molar-refractivity contribution in [1.29, 1.82) is 0 Å². The average Bonchev–Trinajstić information content (AvgIpc) is 3.33. The van der Waals surface area contributed by atoms with Crippen LogP contribution in [0.1, 0.15) is 17.9 Å². The Bertz CT molecular complexity index is 1330. The molecule has 9 heteroatoms. The second-order valence-electron chi connectivity index (χ2n) is 7.74. The van der Waals surface area contributed by atoms with E-state index in [1.807, 2.05) is 60.7 Å². The minimum absolute atomic E-state index is 0.0961. The fourth-order valence-electron chi connectivity index (χ4n) is 3.56. The van der Waals surface area contributed by atoms with Crippen molar-refractivity contribution in [2.24, 2.45) is 0 Å². The van der Waals surface area contributed by atoms with Crippen LogP contribution in [-0.2, 0) is 14.8 Å². The Labute approximate surface area is 203 Å². The summed E-state index contributed by atoms with van der Waals surface area (Å²) in [6.45, 7) is 0.153. The van der Waals surface area contributed by atoms with Crippen LogP contribution in [0.3, 0.4) is 0 Å². The molecule has 0 spiro atoms. The van der Waals surface area contributed by atoms with Crippen LogP contribution in [0.15, 0.2) is 95.9 Å². The van der Waals surface area contributed by atoms with Gasteiger partial charge in [0.1, 0.15) is 5.01 Å². The molecule has 0 aliphatic rings. The monoisotopic (exact) mass is 492 g/mol. The number of amides is 1. The first-order chi connectivity index (χ1) is 16.4. The smallest absolute Gasteiger partial charge is 0.242 e. The number of hydrogen-bond acceptors (Lipinski definition) is 6.